The van der Waals surface area contributed by atoms with Crippen molar-refractivity contribution in [1.82, 2.24) is 9.97 Å². The van der Waals surface area contributed by atoms with Crippen LogP contribution in [0.1, 0.15) is 11.1 Å². The van der Waals surface area contributed by atoms with Gasteiger partial charge < -0.3 is 15.4 Å². The van der Waals surface area contributed by atoms with Crippen molar-refractivity contribution >= 4 is 34.3 Å². The number of carbonyl (C=O) groups excluding carboxylic acids is 1. The van der Waals surface area contributed by atoms with Crippen LogP contribution in [-0.2, 0) is 4.79 Å². The number of fused-ring (bicyclic) bond motifs is 2. The molecule has 1 amide bonds. The van der Waals surface area contributed by atoms with Crippen molar-refractivity contribution in [1.29, 1.82) is 0 Å². The van der Waals surface area contributed by atoms with Gasteiger partial charge in [0, 0.05) is 34.8 Å². The molecule has 2 aromatic heterocycles. The van der Waals surface area contributed by atoms with E-state index >= 15 is 0 Å². The van der Waals surface area contributed by atoms with Crippen LogP contribution < -0.4 is 5.32 Å². The molecule has 1 aliphatic heterocycles. The minimum atomic E-state index is -0.180. The maximum Gasteiger partial charge on any atom is 0.256 e. The van der Waals surface area contributed by atoms with Crippen molar-refractivity contribution in [2.75, 3.05) is 5.32 Å². The fourth-order valence-electron chi connectivity index (χ4n) is 2.56. The van der Waals surface area contributed by atoms with Gasteiger partial charge in [0.1, 0.15) is 5.75 Å². The summed E-state index contributed by atoms with van der Waals surface area (Å²) in [6, 6.07) is 8.61. The third-order valence-electron chi connectivity index (χ3n) is 3.55. The topological polar surface area (TPSA) is 78.0 Å². The Morgan fingerprint density at radius 3 is 3.05 bits per heavy atom. The van der Waals surface area contributed by atoms with Crippen molar-refractivity contribution in [3.63, 3.8) is 0 Å². The number of benzene rings is 1. The van der Waals surface area contributed by atoms with E-state index in [-0.39, 0.29) is 11.7 Å². The summed E-state index contributed by atoms with van der Waals surface area (Å²) in [5.74, 6) is -0.0471. The Hall–Kier alpha value is -3.08. The van der Waals surface area contributed by atoms with E-state index in [4.69, 9.17) is 0 Å². The summed E-state index contributed by atoms with van der Waals surface area (Å²) in [6.45, 7) is 0. The van der Waals surface area contributed by atoms with Gasteiger partial charge in [0.25, 0.3) is 5.91 Å². The van der Waals surface area contributed by atoms with E-state index in [2.05, 4.69) is 15.3 Å². The molecule has 3 N–H and O–H groups in total. The summed E-state index contributed by atoms with van der Waals surface area (Å²) in [5, 5.41) is 12.4. The first-order valence-corrected chi connectivity index (χ1v) is 6.51. The maximum atomic E-state index is 12.1. The predicted octanol–water partition coefficient (Wildman–Crippen LogP) is 2.76. The van der Waals surface area contributed by atoms with E-state index in [9.17, 15) is 9.90 Å². The summed E-state index contributed by atoms with van der Waals surface area (Å²) in [6.07, 6.45) is 5.32. The summed E-state index contributed by atoms with van der Waals surface area (Å²) >= 11 is 0. The molecule has 0 unspecified atom stereocenters. The Kier molecular flexibility index (Phi) is 2.35. The van der Waals surface area contributed by atoms with Gasteiger partial charge in [-0.25, -0.2) is 0 Å². The molecule has 102 valence electrons. The highest BCUT2D eigenvalue weighted by atomic mass is 16.3. The monoisotopic (exact) mass is 277 g/mol. The highest BCUT2D eigenvalue weighted by molar-refractivity contribution is 6.35. The third kappa shape index (κ3) is 1.79. The zero-order valence-corrected chi connectivity index (χ0v) is 10.9. The first-order valence-electron chi connectivity index (χ1n) is 6.51. The highest BCUT2D eigenvalue weighted by Gasteiger charge is 2.24. The summed E-state index contributed by atoms with van der Waals surface area (Å²) in [7, 11) is 0. The molecule has 5 heteroatoms. The Morgan fingerprint density at radius 2 is 2.14 bits per heavy atom. The lowest BCUT2D eigenvalue weighted by Gasteiger charge is -1.99. The molecule has 21 heavy (non-hydrogen) atoms. The average molecular weight is 277 g/mol. The number of phenols is 1. The quantitative estimate of drug-likeness (QED) is 0.473. The van der Waals surface area contributed by atoms with Crippen LogP contribution in [0.15, 0.2) is 42.7 Å². The summed E-state index contributed by atoms with van der Waals surface area (Å²) < 4.78 is 0. The zero-order chi connectivity index (χ0) is 14.4. The van der Waals surface area contributed by atoms with Crippen LogP contribution in [0.3, 0.4) is 0 Å². The van der Waals surface area contributed by atoms with E-state index in [0.717, 1.165) is 16.6 Å². The maximum absolute atomic E-state index is 12.1. The van der Waals surface area contributed by atoms with Gasteiger partial charge in [0.05, 0.1) is 11.0 Å². The summed E-state index contributed by atoms with van der Waals surface area (Å²) in [4.78, 5) is 19.6. The number of hydrogen-bond acceptors (Lipinski definition) is 3. The number of nitrogens with zero attached hydrogens (tertiary/aromatic N) is 1. The molecule has 1 aromatic carbocycles. The van der Waals surface area contributed by atoms with Gasteiger partial charge in [-0.2, -0.15) is 0 Å². The average Bonchev–Trinajstić information content (AvgIpc) is 3.02. The zero-order valence-electron chi connectivity index (χ0n) is 10.9. The smallest absolute Gasteiger partial charge is 0.256 e. The van der Waals surface area contributed by atoms with E-state index in [1.165, 1.54) is 0 Å². The van der Waals surface area contributed by atoms with Crippen molar-refractivity contribution in [3.8, 4) is 5.75 Å². The SMILES string of the molecule is O=C1Nc2ccc(O)cc2/C1=C\c1c[nH]c2cccnc12. The van der Waals surface area contributed by atoms with Crippen LogP contribution in [0.5, 0.6) is 5.75 Å². The van der Waals surface area contributed by atoms with Gasteiger partial charge in [0.2, 0.25) is 0 Å². The van der Waals surface area contributed by atoms with Crippen LogP contribution in [0.4, 0.5) is 5.69 Å². The number of aromatic amines is 1. The number of aromatic hydroxyl groups is 1. The Balaban J connectivity index is 1.90. The molecule has 3 aromatic rings. The Labute approximate surface area is 120 Å². The molecule has 0 radical (unpaired) electrons. The predicted molar refractivity (Wildman–Crippen MR) is 80.7 cm³/mol. The Morgan fingerprint density at radius 1 is 1.24 bits per heavy atom. The Bertz CT molecular complexity index is 909. The van der Waals surface area contributed by atoms with Gasteiger partial charge in [0.15, 0.2) is 0 Å². The molecule has 5 nitrogen and oxygen atoms in total. The normalized spacial score (nSPS) is 15.4. The van der Waals surface area contributed by atoms with Gasteiger partial charge in [-0.05, 0) is 36.4 Å². The summed E-state index contributed by atoms with van der Waals surface area (Å²) in [5.41, 5.74) is 4.49. The van der Waals surface area contributed by atoms with Gasteiger partial charge >= 0.3 is 0 Å². The van der Waals surface area contributed by atoms with Gasteiger partial charge in [-0.15, -0.1) is 0 Å². The second kappa shape index (κ2) is 4.21. The first kappa shape index (κ1) is 11.7. The van der Waals surface area contributed by atoms with Gasteiger partial charge in [-0.3, -0.25) is 9.78 Å². The number of rotatable bonds is 1. The number of anilines is 1. The number of H-pyrrole nitrogens is 1. The lowest BCUT2D eigenvalue weighted by Crippen LogP contribution is -2.03. The number of carbonyl (C=O) groups is 1. The van der Waals surface area contributed by atoms with Crippen LogP contribution in [0, 0.1) is 0 Å². The lowest BCUT2D eigenvalue weighted by molar-refractivity contribution is -0.110. The lowest BCUT2D eigenvalue weighted by atomic mass is 10.0. The number of amides is 1. The molecule has 4 rings (SSSR count). The van der Waals surface area contributed by atoms with E-state index in [0.29, 0.717) is 16.8 Å². The van der Waals surface area contributed by atoms with Crippen molar-refractivity contribution < 1.29 is 9.90 Å². The minimum absolute atomic E-state index is 0.133. The van der Waals surface area contributed by atoms with E-state index in [1.54, 1.807) is 30.5 Å². The van der Waals surface area contributed by atoms with E-state index in [1.807, 2.05) is 18.3 Å². The van der Waals surface area contributed by atoms with E-state index < -0.39 is 0 Å². The molecular formula is C16H11N3O2. The van der Waals surface area contributed by atoms with Crippen molar-refractivity contribution in [3.05, 3.63) is 53.9 Å². The molecule has 0 fully saturated rings. The second-order valence-corrected chi connectivity index (χ2v) is 4.89. The molecule has 3 heterocycles. The standard InChI is InChI=1S/C16H11N3O2/c20-10-3-4-13-11(7-10)12(16(21)19-13)6-9-8-18-14-2-1-5-17-15(9)14/h1-8,18,20H,(H,19,21)/b12-6+. The number of hydrogen-bond donors (Lipinski definition) is 3. The second-order valence-electron chi connectivity index (χ2n) is 4.89. The number of nitrogens with one attached hydrogen (secondary N) is 2. The first-order chi connectivity index (χ1) is 10.2. The van der Waals surface area contributed by atoms with Crippen molar-refractivity contribution in [2.45, 2.75) is 0 Å². The number of aromatic nitrogens is 2. The number of phenolic OH excluding ortho intramolecular Hbond substituents is 1. The molecule has 1 aliphatic rings. The largest absolute Gasteiger partial charge is 0.508 e. The molecule has 0 aliphatic carbocycles. The molecular weight excluding hydrogens is 266 g/mol. The molecule has 0 atom stereocenters. The minimum Gasteiger partial charge on any atom is -0.508 e. The fraction of sp³-hybridized carbons (Fsp3) is 0. The fourth-order valence-corrected chi connectivity index (χ4v) is 2.56. The molecule has 0 saturated carbocycles. The van der Waals surface area contributed by atoms with Crippen LogP contribution >= 0.6 is 0 Å². The van der Waals surface area contributed by atoms with Crippen molar-refractivity contribution in [2.24, 2.45) is 0 Å². The van der Waals surface area contributed by atoms with Gasteiger partial charge in [-0.1, -0.05) is 0 Å². The highest BCUT2D eigenvalue weighted by Crippen LogP contribution is 2.35. The van der Waals surface area contributed by atoms with Crippen LogP contribution in [-0.4, -0.2) is 21.0 Å². The number of pyridine rings is 1. The van der Waals surface area contributed by atoms with Crippen LogP contribution in [0.25, 0.3) is 22.7 Å². The third-order valence-corrected chi connectivity index (χ3v) is 3.55. The van der Waals surface area contributed by atoms with Crippen LogP contribution in [0.2, 0.25) is 0 Å². The molecule has 0 saturated heterocycles. The molecule has 0 spiro atoms. The molecule has 0 bridgehead atoms.